The van der Waals surface area contributed by atoms with Crippen LogP contribution in [0.5, 0.6) is 5.75 Å². The van der Waals surface area contributed by atoms with Gasteiger partial charge in [-0.2, -0.15) is 0 Å². The van der Waals surface area contributed by atoms with Gasteiger partial charge < -0.3 is 14.8 Å². The zero-order valence-corrected chi connectivity index (χ0v) is 13.5. The minimum atomic E-state index is -0.275. The van der Waals surface area contributed by atoms with Gasteiger partial charge in [-0.05, 0) is 32.4 Å². The number of hydrogen-bond donors (Lipinski definition) is 1. The Kier molecular flexibility index (Phi) is 9.02. The number of unbranched alkanes of at least 4 members (excludes halogenated alkanes) is 1. The summed E-state index contributed by atoms with van der Waals surface area (Å²) in [6.07, 6.45) is 3.24. The molecule has 120 valence electrons. The summed E-state index contributed by atoms with van der Waals surface area (Å²) in [5.74, 6) is 0.327. The summed E-state index contributed by atoms with van der Waals surface area (Å²) in [5.41, 5.74) is 0.985. The van der Waals surface area contributed by atoms with Crippen LogP contribution in [0.25, 0.3) is 0 Å². The van der Waals surface area contributed by atoms with Crippen molar-refractivity contribution in [3.8, 4) is 5.75 Å². The topological polar surface area (TPSA) is 30.5 Å². The molecule has 0 radical (unpaired) electrons. The van der Waals surface area contributed by atoms with Crippen molar-refractivity contribution in [3.63, 3.8) is 0 Å². The third-order valence-corrected chi connectivity index (χ3v) is 3.27. The molecule has 0 aromatic heterocycles. The van der Waals surface area contributed by atoms with Gasteiger partial charge >= 0.3 is 0 Å². The van der Waals surface area contributed by atoms with E-state index in [0.717, 1.165) is 38.0 Å². The minimum Gasteiger partial charge on any atom is -0.491 e. The van der Waals surface area contributed by atoms with Crippen molar-refractivity contribution in [2.45, 2.75) is 46.1 Å². The van der Waals surface area contributed by atoms with Gasteiger partial charge in [-0.15, -0.1) is 0 Å². The van der Waals surface area contributed by atoms with Crippen LogP contribution in [0.3, 0.4) is 0 Å². The van der Waals surface area contributed by atoms with Crippen LogP contribution in [0.4, 0.5) is 4.39 Å². The lowest BCUT2D eigenvalue weighted by atomic mass is 10.1. The molecule has 1 aromatic carbocycles. The van der Waals surface area contributed by atoms with Gasteiger partial charge in [0.1, 0.15) is 18.2 Å². The minimum absolute atomic E-state index is 0.140. The van der Waals surface area contributed by atoms with Crippen molar-refractivity contribution in [1.29, 1.82) is 0 Å². The Morgan fingerprint density at radius 2 is 1.95 bits per heavy atom. The average molecular weight is 297 g/mol. The number of rotatable bonds is 11. The van der Waals surface area contributed by atoms with E-state index in [2.05, 4.69) is 26.1 Å². The summed E-state index contributed by atoms with van der Waals surface area (Å²) in [4.78, 5) is 0. The van der Waals surface area contributed by atoms with Crippen LogP contribution in [-0.2, 0) is 4.74 Å². The average Bonchev–Trinajstić information content (AvgIpc) is 2.48. The molecule has 0 aliphatic rings. The Labute approximate surface area is 127 Å². The molecule has 1 N–H and O–H groups in total. The van der Waals surface area contributed by atoms with Crippen molar-refractivity contribution < 1.29 is 13.9 Å². The highest BCUT2D eigenvalue weighted by atomic mass is 19.1. The Balaban J connectivity index is 2.52. The number of ether oxygens (including phenoxy) is 2. The van der Waals surface area contributed by atoms with E-state index in [9.17, 15) is 4.39 Å². The molecule has 0 heterocycles. The molecule has 0 spiro atoms. The Hall–Kier alpha value is -1.13. The summed E-state index contributed by atoms with van der Waals surface area (Å²) < 4.78 is 24.6. The van der Waals surface area contributed by atoms with E-state index in [1.807, 2.05) is 0 Å². The second-order valence-electron chi connectivity index (χ2n) is 5.17. The second-order valence-corrected chi connectivity index (χ2v) is 5.17. The van der Waals surface area contributed by atoms with E-state index in [1.54, 1.807) is 6.07 Å². The fourth-order valence-electron chi connectivity index (χ4n) is 2.02. The van der Waals surface area contributed by atoms with Crippen LogP contribution in [-0.4, -0.2) is 26.4 Å². The van der Waals surface area contributed by atoms with Crippen molar-refractivity contribution >= 4 is 0 Å². The van der Waals surface area contributed by atoms with E-state index in [0.29, 0.717) is 19.0 Å². The standard InChI is InChI=1S/C17H28FNO2/c1-4-6-10-20-11-12-21-17-13-15(18)7-8-16(17)14(3)19-9-5-2/h7-8,13-14,19H,4-6,9-12H2,1-3H3. The van der Waals surface area contributed by atoms with Gasteiger partial charge in [0, 0.05) is 24.3 Å². The van der Waals surface area contributed by atoms with Gasteiger partial charge in [-0.3, -0.25) is 0 Å². The van der Waals surface area contributed by atoms with E-state index < -0.39 is 0 Å². The van der Waals surface area contributed by atoms with Gasteiger partial charge in [-0.1, -0.05) is 26.3 Å². The molecule has 1 atom stereocenters. The lowest BCUT2D eigenvalue weighted by Gasteiger charge is -2.18. The van der Waals surface area contributed by atoms with Gasteiger partial charge in [0.2, 0.25) is 0 Å². The number of nitrogens with one attached hydrogen (secondary N) is 1. The van der Waals surface area contributed by atoms with Crippen LogP contribution in [0, 0.1) is 5.82 Å². The summed E-state index contributed by atoms with van der Waals surface area (Å²) in [6.45, 7) is 8.97. The molecular formula is C17H28FNO2. The lowest BCUT2D eigenvalue weighted by molar-refractivity contribution is 0.0974. The third kappa shape index (κ3) is 6.91. The Bertz CT molecular complexity index is 398. The molecule has 1 aromatic rings. The SMILES string of the molecule is CCCCOCCOc1cc(F)ccc1C(C)NCCC. The zero-order valence-electron chi connectivity index (χ0n) is 13.5. The van der Waals surface area contributed by atoms with Crippen molar-refractivity contribution in [3.05, 3.63) is 29.6 Å². The van der Waals surface area contributed by atoms with Crippen molar-refractivity contribution in [1.82, 2.24) is 5.32 Å². The molecule has 0 amide bonds. The molecule has 3 nitrogen and oxygen atoms in total. The van der Waals surface area contributed by atoms with E-state index in [-0.39, 0.29) is 11.9 Å². The van der Waals surface area contributed by atoms with Crippen LogP contribution in [0.2, 0.25) is 0 Å². The first kappa shape index (κ1) is 17.9. The normalized spacial score (nSPS) is 12.4. The summed E-state index contributed by atoms with van der Waals surface area (Å²) >= 11 is 0. The molecular weight excluding hydrogens is 269 g/mol. The van der Waals surface area contributed by atoms with E-state index in [4.69, 9.17) is 9.47 Å². The largest absolute Gasteiger partial charge is 0.491 e. The van der Waals surface area contributed by atoms with Crippen LogP contribution in [0.1, 0.15) is 51.6 Å². The molecule has 1 rings (SSSR count). The van der Waals surface area contributed by atoms with Gasteiger partial charge in [0.25, 0.3) is 0 Å². The monoisotopic (exact) mass is 297 g/mol. The third-order valence-electron chi connectivity index (χ3n) is 3.27. The van der Waals surface area contributed by atoms with Crippen LogP contribution >= 0.6 is 0 Å². The first-order chi connectivity index (χ1) is 10.2. The molecule has 1 unspecified atom stereocenters. The Morgan fingerprint density at radius 1 is 1.14 bits per heavy atom. The maximum Gasteiger partial charge on any atom is 0.127 e. The van der Waals surface area contributed by atoms with Crippen molar-refractivity contribution in [2.24, 2.45) is 0 Å². The highest BCUT2D eigenvalue weighted by molar-refractivity contribution is 5.36. The number of hydrogen-bond acceptors (Lipinski definition) is 3. The highest BCUT2D eigenvalue weighted by Gasteiger charge is 2.12. The molecule has 0 saturated heterocycles. The maximum atomic E-state index is 13.4. The maximum absolute atomic E-state index is 13.4. The van der Waals surface area contributed by atoms with Gasteiger partial charge in [-0.25, -0.2) is 4.39 Å². The molecule has 0 fully saturated rings. The molecule has 0 aliphatic carbocycles. The molecule has 0 bridgehead atoms. The van der Waals surface area contributed by atoms with Crippen molar-refractivity contribution in [2.75, 3.05) is 26.4 Å². The molecule has 0 aliphatic heterocycles. The summed E-state index contributed by atoms with van der Waals surface area (Å²) in [7, 11) is 0. The predicted octanol–water partition coefficient (Wildman–Crippen LogP) is 4.08. The Morgan fingerprint density at radius 3 is 2.67 bits per heavy atom. The van der Waals surface area contributed by atoms with E-state index in [1.165, 1.54) is 12.1 Å². The smallest absolute Gasteiger partial charge is 0.127 e. The summed E-state index contributed by atoms with van der Waals surface area (Å²) in [5, 5.41) is 3.39. The second kappa shape index (κ2) is 10.6. The summed E-state index contributed by atoms with van der Waals surface area (Å²) in [6, 6.07) is 4.85. The zero-order chi connectivity index (χ0) is 15.5. The van der Waals surface area contributed by atoms with Crippen LogP contribution in [0.15, 0.2) is 18.2 Å². The highest BCUT2D eigenvalue weighted by Crippen LogP contribution is 2.26. The fourth-order valence-corrected chi connectivity index (χ4v) is 2.02. The lowest BCUT2D eigenvalue weighted by Crippen LogP contribution is -2.20. The fraction of sp³-hybridized carbons (Fsp3) is 0.647. The quantitative estimate of drug-likeness (QED) is 0.624. The number of halogens is 1. The number of benzene rings is 1. The van der Waals surface area contributed by atoms with Gasteiger partial charge in [0.15, 0.2) is 0 Å². The first-order valence-electron chi connectivity index (χ1n) is 7.92. The van der Waals surface area contributed by atoms with E-state index >= 15 is 0 Å². The predicted molar refractivity (Wildman–Crippen MR) is 84.3 cm³/mol. The molecule has 0 saturated carbocycles. The molecule has 4 heteroatoms. The van der Waals surface area contributed by atoms with Gasteiger partial charge in [0.05, 0.1) is 6.61 Å². The van der Waals surface area contributed by atoms with Crippen LogP contribution < -0.4 is 10.1 Å². The first-order valence-corrected chi connectivity index (χ1v) is 7.92. The molecule has 21 heavy (non-hydrogen) atoms.